The average Bonchev–Trinajstić information content (AvgIpc) is 3.09. The molecule has 1 unspecified atom stereocenters. The Morgan fingerprint density at radius 1 is 1.07 bits per heavy atom. The highest BCUT2D eigenvalue weighted by molar-refractivity contribution is 7.18. The first kappa shape index (κ1) is 18.6. The molecule has 1 amide bonds. The minimum absolute atomic E-state index is 0.0335. The van der Waals surface area contributed by atoms with Gasteiger partial charge in [-0.1, -0.05) is 54.6 Å². The van der Waals surface area contributed by atoms with Crippen LogP contribution in [0.3, 0.4) is 0 Å². The molecule has 0 saturated heterocycles. The van der Waals surface area contributed by atoms with Gasteiger partial charge < -0.3 is 10.2 Å². The van der Waals surface area contributed by atoms with Gasteiger partial charge in [0.2, 0.25) is 0 Å². The third-order valence-electron chi connectivity index (χ3n) is 4.92. The normalized spacial score (nSPS) is 13.5. The van der Waals surface area contributed by atoms with Crippen molar-refractivity contribution in [2.75, 3.05) is 13.6 Å². The SMILES string of the molecule is C[C@@H](NC(=O)C[NH+](C)Cc1nc2ccccc2s1)c1cccc2ccccc12. The second kappa shape index (κ2) is 8.09. The zero-order chi connectivity index (χ0) is 19.5. The molecule has 4 nitrogen and oxygen atoms in total. The van der Waals surface area contributed by atoms with Crippen molar-refractivity contribution in [3.05, 3.63) is 77.3 Å². The molecule has 2 N–H and O–H groups in total. The summed E-state index contributed by atoms with van der Waals surface area (Å²) in [6, 6.07) is 22.6. The number of carbonyl (C=O) groups excluding carboxylic acids is 1. The fourth-order valence-electron chi connectivity index (χ4n) is 3.59. The van der Waals surface area contributed by atoms with Crippen LogP contribution in [0, 0.1) is 0 Å². The van der Waals surface area contributed by atoms with Gasteiger partial charge in [-0.05, 0) is 35.4 Å². The van der Waals surface area contributed by atoms with E-state index in [4.69, 9.17) is 0 Å². The minimum atomic E-state index is -0.0335. The van der Waals surface area contributed by atoms with Gasteiger partial charge >= 0.3 is 0 Å². The summed E-state index contributed by atoms with van der Waals surface area (Å²) in [6.45, 7) is 3.21. The Labute approximate surface area is 168 Å². The standard InChI is InChI=1S/C23H23N3OS/c1-16(18-11-7-9-17-8-3-4-10-19(17)18)24-22(27)14-26(2)15-23-25-20-12-5-6-13-21(20)28-23/h3-13,16H,14-15H2,1-2H3,(H,24,27)/p+1/t16-/m1/s1. The maximum absolute atomic E-state index is 12.6. The fourth-order valence-corrected chi connectivity index (χ4v) is 4.67. The number of nitrogens with one attached hydrogen (secondary N) is 2. The molecule has 2 atom stereocenters. The number of fused-ring (bicyclic) bond motifs is 2. The summed E-state index contributed by atoms with van der Waals surface area (Å²) < 4.78 is 1.19. The maximum Gasteiger partial charge on any atom is 0.275 e. The van der Waals surface area contributed by atoms with Crippen LogP contribution in [0.15, 0.2) is 66.7 Å². The number of amides is 1. The maximum atomic E-state index is 12.6. The van der Waals surface area contributed by atoms with Crippen LogP contribution >= 0.6 is 11.3 Å². The topological polar surface area (TPSA) is 46.4 Å². The van der Waals surface area contributed by atoms with Gasteiger partial charge in [0.1, 0.15) is 11.6 Å². The second-order valence-electron chi connectivity index (χ2n) is 7.24. The fraction of sp³-hybridized carbons (Fsp3) is 0.217. The summed E-state index contributed by atoms with van der Waals surface area (Å²) in [6.07, 6.45) is 0. The van der Waals surface area contributed by atoms with Crippen molar-refractivity contribution < 1.29 is 9.69 Å². The highest BCUT2D eigenvalue weighted by Crippen LogP contribution is 2.24. The summed E-state index contributed by atoms with van der Waals surface area (Å²) >= 11 is 1.70. The minimum Gasteiger partial charge on any atom is -0.345 e. The third-order valence-corrected chi connectivity index (χ3v) is 5.96. The lowest BCUT2D eigenvalue weighted by atomic mass is 10.00. The molecule has 1 heterocycles. The van der Waals surface area contributed by atoms with Gasteiger partial charge in [0.25, 0.3) is 5.91 Å². The monoisotopic (exact) mass is 390 g/mol. The smallest absolute Gasteiger partial charge is 0.275 e. The van der Waals surface area contributed by atoms with Crippen LogP contribution in [0.25, 0.3) is 21.0 Å². The van der Waals surface area contributed by atoms with Crippen molar-refractivity contribution >= 4 is 38.2 Å². The molecule has 142 valence electrons. The van der Waals surface area contributed by atoms with Gasteiger partial charge in [0.05, 0.1) is 23.3 Å². The van der Waals surface area contributed by atoms with Gasteiger partial charge in [-0.2, -0.15) is 0 Å². The van der Waals surface area contributed by atoms with E-state index in [1.807, 2.05) is 50.4 Å². The molecule has 0 saturated carbocycles. The third kappa shape index (κ3) is 4.06. The first-order valence-electron chi connectivity index (χ1n) is 9.53. The lowest BCUT2D eigenvalue weighted by Gasteiger charge is -2.18. The summed E-state index contributed by atoms with van der Waals surface area (Å²) in [4.78, 5) is 18.4. The molecule has 28 heavy (non-hydrogen) atoms. The van der Waals surface area contributed by atoms with Crippen LogP contribution in [0.5, 0.6) is 0 Å². The van der Waals surface area contributed by atoms with E-state index < -0.39 is 0 Å². The number of hydrogen-bond donors (Lipinski definition) is 2. The molecular formula is C23H24N3OS+. The van der Waals surface area contributed by atoms with E-state index >= 15 is 0 Å². The molecule has 0 bridgehead atoms. The Hall–Kier alpha value is -2.76. The van der Waals surface area contributed by atoms with E-state index in [1.165, 1.54) is 15.5 Å². The lowest BCUT2D eigenvalue weighted by molar-refractivity contribution is -0.885. The molecule has 0 fully saturated rings. The zero-order valence-corrected chi connectivity index (χ0v) is 16.9. The van der Waals surface area contributed by atoms with Crippen molar-refractivity contribution in [1.29, 1.82) is 0 Å². The number of hydrogen-bond acceptors (Lipinski definition) is 3. The van der Waals surface area contributed by atoms with Crippen molar-refractivity contribution in [3.63, 3.8) is 0 Å². The molecule has 0 radical (unpaired) electrons. The molecule has 0 aliphatic carbocycles. The highest BCUT2D eigenvalue weighted by atomic mass is 32.1. The summed E-state index contributed by atoms with van der Waals surface area (Å²) in [7, 11) is 2.04. The molecule has 1 aromatic heterocycles. The number of likely N-dealkylation sites (N-methyl/N-ethyl adjacent to an activating group) is 1. The largest absolute Gasteiger partial charge is 0.345 e. The van der Waals surface area contributed by atoms with E-state index in [2.05, 4.69) is 40.6 Å². The van der Waals surface area contributed by atoms with Crippen LogP contribution in [0.1, 0.15) is 23.5 Å². The van der Waals surface area contributed by atoms with E-state index in [-0.39, 0.29) is 11.9 Å². The quantitative estimate of drug-likeness (QED) is 0.530. The molecule has 4 rings (SSSR count). The summed E-state index contributed by atoms with van der Waals surface area (Å²) in [5, 5.41) is 6.60. The Balaban J connectivity index is 1.39. The predicted molar refractivity (Wildman–Crippen MR) is 116 cm³/mol. The second-order valence-corrected chi connectivity index (χ2v) is 8.36. The van der Waals surface area contributed by atoms with Gasteiger partial charge in [0.15, 0.2) is 6.54 Å². The number of aromatic nitrogens is 1. The Kier molecular flexibility index (Phi) is 5.37. The van der Waals surface area contributed by atoms with Gasteiger partial charge in [-0.3, -0.25) is 4.79 Å². The van der Waals surface area contributed by atoms with Crippen molar-refractivity contribution in [3.8, 4) is 0 Å². The number of thiazole rings is 1. The summed E-state index contributed by atoms with van der Waals surface area (Å²) in [5.41, 5.74) is 2.18. The highest BCUT2D eigenvalue weighted by Gasteiger charge is 2.17. The zero-order valence-electron chi connectivity index (χ0n) is 16.1. The number of quaternary nitrogens is 1. The number of rotatable bonds is 6. The van der Waals surface area contributed by atoms with Crippen LogP contribution in [0.4, 0.5) is 0 Å². The Morgan fingerprint density at radius 2 is 1.82 bits per heavy atom. The van der Waals surface area contributed by atoms with Crippen molar-refractivity contribution in [2.45, 2.75) is 19.5 Å². The van der Waals surface area contributed by atoms with E-state index in [0.29, 0.717) is 6.54 Å². The number of benzene rings is 3. The number of para-hydroxylation sites is 1. The molecule has 3 aromatic carbocycles. The first-order valence-corrected chi connectivity index (χ1v) is 10.3. The molecular weight excluding hydrogens is 366 g/mol. The van der Waals surface area contributed by atoms with Crippen LogP contribution in [-0.2, 0) is 11.3 Å². The van der Waals surface area contributed by atoms with Gasteiger partial charge in [-0.25, -0.2) is 4.98 Å². The summed E-state index contributed by atoms with van der Waals surface area (Å²) in [5.74, 6) is 0.0547. The molecule has 0 spiro atoms. The Bertz CT molecular complexity index is 1080. The first-order chi connectivity index (χ1) is 13.6. The van der Waals surface area contributed by atoms with Crippen LogP contribution in [0.2, 0.25) is 0 Å². The lowest BCUT2D eigenvalue weighted by Crippen LogP contribution is -3.08. The van der Waals surface area contributed by atoms with Crippen LogP contribution < -0.4 is 10.2 Å². The Morgan fingerprint density at radius 3 is 2.68 bits per heavy atom. The van der Waals surface area contributed by atoms with E-state index in [0.717, 1.165) is 27.5 Å². The molecule has 0 aliphatic heterocycles. The molecule has 0 aliphatic rings. The van der Waals surface area contributed by atoms with Gasteiger partial charge in [0, 0.05) is 0 Å². The molecule has 4 aromatic rings. The van der Waals surface area contributed by atoms with Crippen molar-refractivity contribution in [1.82, 2.24) is 10.3 Å². The number of nitrogens with zero attached hydrogens (tertiary/aromatic N) is 1. The number of carbonyl (C=O) groups is 1. The van der Waals surface area contributed by atoms with Crippen LogP contribution in [-0.4, -0.2) is 24.5 Å². The molecule has 5 heteroatoms. The van der Waals surface area contributed by atoms with Crippen molar-refractivity contribution in [2.24, 2.45) is 0 Å². The van der Waals surface area contributed by atoms with E-state index in [9.17, 15) is 4.79 Å². The predicted octanol–water partition coefficient (Wildman–Crippen LogP) is 3.34. The average molecular weight is 391 g/mol. The van der Waals surface area contributed by atoms with E-state index in [1.54, 1.807) is 11.3 Å². The van der Waals surface area contributed by atoms with Gasteiger partial charge in [-0.15, -0.1) is 11.3 Å².